The summed E-state index contributed by atoms with van der Waals surface area (Å²) in [4.78, 5) is 55.6. The first kappa shape index (κ1) is 29.2. The normalized spacial score (nSPS) is 12.2. The van der Waals surface area contributed by atoms with Crippen molar-refractivity contribution < 1.29 is 28.7 Å². The minimum atomic E-state index is -1.27. The predicted molar refractivity (Wildman–Crippen MR) is 157 cm³/mol. The molecule has 208 valence electrons. The number of rotatable bonds is 12. The molecule has 0 spiro atoms. The van der Waals surface area contributed by atoms with E-state index in [0.29, 0.717) is 22.6 Å². The van der Waals surface area contributed by atoms with Crippen molar-refractivity contribution in [2.45, 2.75) is 20.3 Å². The molecule has 4 rings (SSSR count). The van der Waals surface area contributed by atoms with Crippen LogP contribution in [0.15, 0.2) is 97.1 Å². The van der Waals surface area contributed by atoms with Gasteiger partial charge in [0.2, 0.25) is 0 Å². The van der Waals surface area contributed by atoms with Crippen LogP contribution in [0.5, 0.6) is 11.5 Å². The second-order valence-corrected chi connectivity index (χ2v) is 9.99. The molecule has 0 aliphatic carbocycles. The average molecular weight is 549 g/mol. The number of aryl methyl sites for hydroxylation is 2. The molecular weight excluding hydrogens is 516 g/mol. The lowest BCUT2D eigenvalue weighted by atomic mass is 9.78. The molecule has 0 saturated carbocycles. The molecule has 6 heteroatoms. The van der Waals surface area contributed by atoms with E-state index in [1.807, 2.05) is 13.8 Å². The number of carbonyl (C=O) groups excluding carboxylic acids is 4. The van der Waals surface area contributed by atoms with Crippen molar-refractivity contribution in [3.8, 4) is 11.5 Å². The van der Waals surface area contributed by atoms with Gasteiger partial charge in [0.05, 0.1) is 26.1 Å². The Hall–Kier alpha value is -4.84. The van der Waals surface area contributed by atoms with Crippen LogP contribution in [0.2, 0.25) is 0 Å². The van der Waals surface area contributed by atoms with Gasteiger partial charge in [-0.1, -0.05) is 59.7 Å². The summed E-state index contributed by atoms with van der Waals surface area (Å²) in [5, 5.41) is 0. The van der Waals surface area contributed by atoms with Crippen molar-refractivity contribution in [1.82, 2.24) is 0 Å². The molecule has 4 aromatic rings. The molecular formula is C35H32O6. The van der Waals surface area contributed by atoms with E-state index in [0.717, 1.165) is 11.1 Å². The van der Waals surface area contributed by atoms with Crippen molar-refractivity contribution in [3.63, 3.8) is 0 Å². The van der Waals surface area contributed by atoms with Crippen LogP contribution in [0.25, 0.3) is 0 Å². The fourth-order valence-electron chi connectivity index (χ4n) is 4.65. The Bertz CT molecular complexity index is 1410. The van der Waals surface area contributed by atoms with E-state index in [4.69, 9.17) is 9.47 Å². The van der Waals surface area contributed by atoms with Crippen LogP contribution >= 0.6 is 0 Å². The Morgan fingerprint density at radius 2 is 0.707 bits per heavy atom. The predicted octanol–water partition coefficient (Wildman–Crippen LogP) is 6.77. The number of methoxy groups -OCH3 is 2. The lowest BCUT2D eigenvalue weighted by molar-refractivity contribution is 0.0728. The minimum absolute atomic E-state index is 0.283. The molecule has 2 atom stereocenters. The first-order valence-corrected chi connectivity index (χ1v) is 13.3. The number of hydrogen-bond donors (Lipinski definition) is 0. The van der Waals surface area contributed by atoms with Gasteiger partial charge >= 0.3 is 0 Å². The molecule has 0 fully saturated rings. The van der Waals surface area contributed by atoms with Gasteiger partial charge in [0.1, 0.15) is 11.5 Å². The van der Waals surface area contributed by atoms with Gasteiger partial charge in [0.15, 0.2) is 23.1 Å². The van der Waals surface area contributed by atoms with E-state index in [9.17, 15) is 19.2 Å². The summed E-state index contributed by atoms with van der Waals surface area (Å²) >= 11 is 0. The average Bonchev–Trinajstić information content (AvgIpc) is 3.01. The van der Waals surface area contributed by atoms with Gasteiger partial charge in [-0.15, -0.1) is 0 Å². The van der Waals surface area contributed by atoms with Crippen molar-refractivity contribution >= 4 is 23.1 Å². The monoisotopic (exact) mass is 548 g/mol. The first-order chi connectivity index (χ1) is 19.7. The molecule has 0 aromatic heterocycles. The van der Waals surface area contributed by atoms with Crippen LogP contribution in [-0.4, -0.2) is 37.4 Å². The van der Waals surface area contributed by atoms with Crippen LogP contribution < -0.4 is 9.47 Å². The summed E-state index contributed by atoms with van der Waals surface area (Å²) in [7, 11) is 3.04. The molecule has 0 aliphatic rings. The number of ether oxygens (including phenoxy) is 2. The van der Waals surface area contributed by atoms with Gasteiger partial charge in [-0.3, -0.25) is 19.2 Å². The van der Waals surface area contributed by atoms with Gasteiger partial charge in [-0.25, -0.2) is 0 Å². The molecule has 0 bridgehead atoms. The van der Waals surface area contributed by atoms with Gasteiger partial charge in [-0.2, -0.15) is 0 Å². The fraction of sp³-hybridized carbons (Fsp3) is 0.200. The lowest BCUT2D eigenvalue weighted by Crippen LogP contribution is -2.33. The lowest BCUT2D eigenvalue weighted by Gasteiger charge is -2.22. The Morgan fingerprint density at radius 3 is 0.951 bits per heavy atom. The summed E-state index contributed by atoms with van der Waals surface area (Å²) in [6, 6.07) is 26.7. The van der Waals surface area contributed by atoms with Crippen molar-refractivity contribution in [2.75, 3.05) is 14.2 Å². The molecule has 0 amide bonds. The summed E-state index contributed by atoms with van der Waals surface area (Å²) in [6.45, 7) is 3.80. The molecule has 41 heavy (non-hydrogen) atoms. The Morgan fingerprint density at radius 1 is 0.463 bits per heavy atom. The Kier molecular flexibility index (Phi) is 9.25. The molecule has 0 N–H and O–H groups in total. The zero-order chi connectivity index (χ0) is 29.5. The highest BCUT2D eigenvalue weighted by atomic mass is 16.5. The maximum absolute atomic E-state index is 13.9. The van der Waals surface area contributed by atoms with E-state index in [2.05, 4.69) is 0 Å². The molecule has 4 aromatic carbocycles. The zero-order valence-corrected chi connectivity index (χ0v) is 23.5. The molecule has 0 radical (unpaired) electrons. The molecule has 6 nitrogen and oxygen atoms in total. The van der Waals surface area contributed by atoms with Gasteiger partial charge < -0.3 is 9.47 Å². The zero-order valence-electron chi connectivity index (χ0n) is 23.5. The van der Waals surface area contributed by atoms with Crippen LogP contribution in [0.4, 0.5) is 0 Å². The Labute approximate surface area is 239 Å². The van der Waals surface area contributed by atoms with Crippen molar-refractivity contribution in [3.05, 3.63) is 130 Å². The summed E-state index contributed by atoms with van der Waals surface area (Å²) < 4.78 is 10.4. The maximum Gasteiger partial charge on any atom is 0.173 e. The number of carbonyl (C=O) groups is 4. The second kappa shape index (κ2) is 13.0. The minimum Gasteiger partial charge on any atom is -0.497 e. The SMILES string of the molecule is COc1ccc(C(=O)C(CC(C(=O)c2ccc(C)cc2)C(=O)c2ccc(OC)cc2)C(=O)c2ccc(C)cc2)cc1. The van der Waals surface area contributed by atoms with Crippen molar-refractivity contribution in [2.24, 2.45) is 11.8 Å². The van der Waals surface area contributed by atoms with Crippen LogP contribution in [0.1, 0.15) is 59.0 Å². The quantitative estimate of drug-likeness (QED) is 0.143. The third-order valence-electron chi connectivity index (χ3n) is 7.16. The van der Waals surface area contributed by atoms with Crippen LogP contribution in [-0.2, 0) is 0 Å². The third-order valence-corrected chi connectivity index (χ3v) is 7.16. The van der Waals surface area contributed by atoms with E-state index in [-0.39, 0.29) is 17.5 Å². The smallest absolute Gasteiger partial charge is 0.173 e. The van der Waals surface area contributed by atoms with E-state index >= 15 is 0 Å². The number of benzene rings is 4. The topological polar surface area (TPSA) is 86.7 Å². The third kappa shape index (κ3) is 6.84. The summed E-state index contributed by atoms with van der Waals surface area (Å²) in [6.07, 6.45) is -0.283. The van der Waals surface area contributed by atoms with Gasteiger partial charge in [-0.05, 0) is 68.8 Å². The van der Waals surface area contributed by atoms with E-state index < -0.39 is 35.0 Å². The standard InChI is InChI=1S/C35H32O6/c1-22-5-9-24(10-6-22)32(36)30(34(38)26-13-17-28(40-3)18-14-26)21-31(33(37)25-11-7-23(2)8-12-25)35(39)27-15-19-29(41-4)20-16-27/h5-20,30-31H,21H2,1-4H3. The van der Waals surface area contributed by atoms with Crippen LogP contribution in [0, 0.1) is 25.7 Å². The number of ketones is 4. The van der Waals surface area contributed by atoms with Gasteiger partial charge in [0.25, 0.3) is 0 Å². The molecule has 0 saturated heterocycles. The number of Topliss-reactive ketones (excluding diaryl/α,β-unsaturated/α-hetero) is 4. The summed E-state index contributed by atoms with van der Waals surface area (Å²) in [5.74, 6) is -3.26. The highest BCUT2D eigenvalue weighted by molar-refractivity contribution is 6.19. The molecule has 0 aliphatic heterocycles. The largest absolute Gasteiger partial charge is 0.497 e. The first-order valence-electron chi connectivity index (χ1n) is 13.3. The van der Waals surface area contributed by atoms with E-state index in [1.165, 1.54) is 14.2 Å². The van der Waals surface area contributed by atoms with E-state index in [1.54, 1.807) is 97.1 Å². The summed E-state index contributed by atoms with van der Waals surface area (Å²) in [5.41, 5.74) is 3.16. The molecule has 0 heterocycles. The Balaban J connectivity index is 1.78. The molecule has 2 unspecified atom stereocenters. The second-order valence-electron chi connectivity index (χ2n) is 9.99. The fourth-order valence-corrected chi connectivity index (χ4v) is 4.65. The highest BCUT2D eigenvalue weighted by Crippen LogP contribution is 2.29. The van der Waals surface area contributed by atoms with Crippen LogP contribution in [0.3, 0.4) is 0 Å². The highest BCUT2D eigenvalue weighted by Gasteiger charge is 2.37. The maximum atomic E-state index is 13.9. The van der Waals surface area contributed by atoms with Gasteiger partial charge in [0, 0.05) is 22.3 Å². The van der Waals surface area contributed by atoms with Crippen molar-refractivity contribution in [1.29, 1.82) is 0 Å². The number of hydrogen-bond acceptors (Lipinski definition) is 6.